The number of sulfonamides is 1. The lowest BCUT2D eigenvalue weighted by Gasteiger charge is -2.44. The molecule has 1 aromatic heterocycles. The summed E-state index contributed by atoms with van der Waals surface area (Å²) in [5, 5.41) is 16.1. The van der Waals surface area contributed by atoms with E-state index >= 15 is 0 Å². The van der Waals surface area contributed by atoms with Crippen LogP contribution in [0.3, 0.4) is 0 Å². The van der Waals surface area contributed by atoms with Crippen molar-refractivity contribution in [3.05, 3.63) is 30.0 Å². The zero-order valence-electron chi connectivity index (χ0n) is 18.0. The number of benzene rings is 1. The van der Waals surface area contributed by atoms with E-state index in [-0.39, 0.29) is 23.0 Å². The number of nitrogens with two attached hydrogens (primary N) is 1. The van der Waals surface area contributed by atoms with Crippen LogP contribution < -0.4 is 25.6 Å². The van der Waals surface area contributed by atoms with Gasteiger partial charge in [-0.3, -0.25) is 13.9 Å². The number of anilines is 3. The van der Waals surface area contributed by atoms with E-state index in [2.05, 4.69) is 15.6 Å². The Hall–Kier alpha value is -3.38. The summed E-state index contributed by atoms with van der Waals surface area (Å²) < 4.78 is 25.4. The SMILES string of the molecule is CN1c2ccc(-c3cnc(N)c(O)c3N3CCC4(CC3)NCCNC4=O)cc2C(=O)S1(=O)=O. The minimum Gasteiger partial charge on any atom is -0.503 e. The largest absolute Gasteiger partial charge is 0.503 e. The third-order valence-electron chi connectivity index (χ3n) is 6.76. The second-order valence-corrected chi connectivity index (χ2v) is 10.4. The number of piperazine rings is 1. The van der Waals surface area contributed by atoms with Crippen molar-refractivity contribution < 1.29 is 23.1 Å². The quantitative estimate of drug-likeness (QED) is 0.473. The molecule has 2 saturated heterocycles. The molecule has 3 aliphatic rings. The predicted octanol–water partition coefficient (Wildman–Crippen LogP) is 0.0146. The van der Waals surface area contributed by atoms with E-state index < -0.39 is 20.7 Å². The van der Waals surface area contributed by atoms with Crippen molar-refractivity contribution in [2.45, 2.75) is 18.4 Å². The molecule has 0 saturated carbocycles. The summed E-state index contributed by atoms with van der Waals surface area (Å²) >= 11 is 0. The monoisotopic (exact) mass is 472 g/mol. The highest BCUT2D eigenvalue weighted by molar-refractivity contribution is 8.08. The molecule has 0 radical (unpaired) electrons. The van der Waals surface area contributed by atoms with Gasteiger partial charge >= 0.3 is 10.0 Å². The molecule has 12 heteroatoms. The van der Waals surface area contributed by atoms with Crippen LogP contribution >= 0.6 is 0 Å². The number of hydrogen-bond donors (Lipinski definition) is 4. The number of aromatic nitrogens is 1. The average Bonchev–Trinajstić information content (AvgIpc) is 2.98. The Morgan fingerprint density at radius 3 is 2.58 bits per heavy atom. The molecule has 0 unspecified atom stereocenters. The Labute approximate surface area is 190 Å². The summed E-state index contributed by atoms with van der Waals surface area (Å²) in [6.45, 7) is 2.25. The summed E-state index contributed by atoms with van der Waals surface area (Å²) in [6.07, 6.45) is 2.57. The van der Waals surface area contributed by atoms with Gasteiger partial charge in [-0.05, 0) is 30.5 Å². The number of nitrogen functional groups attached to an aromatic ring is 1. The van der Waals surface area contributed by atoms with Crippen molar-refractivity contribution in [3.8, 4) is 16.9 Å². The fourth-order valence-electron chi connectivity index (χ4n) is 4.81. The number of aromatic hydroxyl groups is 1. The van der Waals surface area contributed by atoms with E-state index in [0.29, 0.717) is 61.5 Å². The van der Waals surface area contributed by atoms with Crippen molar-refractivity contribution in [3.63, 3.8) is 0 Å². The summed E-state index contributed by atoms with van der Waals surface area (Å²) in [5.41, 5.74) is 7.11. The van der Waals surface area contributed by atoms with Gasteiger partial charge in [0.25, 0.3) is 5.12 Å². The van der Waals surface area contributed by atoms with Gasteiger partial charge in [0.1, 0.15) is 5.54 Å². The van der Waals surface area contributed by atoms with Crippen LogP contribution in [0, 0.1) is 0 Å². The number of carbonyl (C=O) groups excluding carboxylic acids is 2. The molecule has 5 N–H and O–H groups in total. The number of piperidine rings is 1. The highest BCUT2D eigenvalue weighted by Gasteiger charge is 2.44. The normalized spacial score (nSPS) is 21.2. The molecular formula is C21H24N6O5S. The number of carbonyl (C=O) groups is 2. The van der Waals surface area contributed by atoms with Gasteiger partial charge in [-0.25, -0.2) is 4.98 Å². The van der Waals surface area contributed by atoms with Crippen molar-refractivity contribution in [1.82, 2.24) is 15.6 Å². The fourth-order valence-corrected chi connectivity index (χ4v) is 5.92. The number of nitrogens with one attached hydrogen (secondary N) is 2. The zero-order chi connectivity index (χ0) is 23.5. The van der Waals surface area contributed by atoms with Crippen molar-refractivity contribution in [2.75, 3.05) is 48.2 Å². The summed E-state index contributed by atoms with van der Waals surface area (Å²) in [6, 6.07) is 4.74. The van der Waals surface area contributed by atoms with Crippen LogP contribution in [-0.2, 0) is 14.8 Å². The maximum atomic E-state index is 12.5. The number of amides is 1. The number of rotatable bonds is 2. The summed E-state index contributed by atoms with van der Waals surface area (Å²) in [4.78, 5) is 31.0. The van der Waals surface area contributed by atoms with Crippen LogP contribution in [0.1, 0.15) is 23.2 Å². The molecule has 1 spiro atoms. The Balaban J connectivity index is 1.53. The topological polar surface area (TPSA) is 158 Å². The molecule has 5 rings (SSSR count). The molecule has 2 aromatic rings. The number of pyridine rings is 1. The Bertz CT molecular complexity index is 1290. The molecule has 3 aliphatic heterocycles. The summed E-state index contributed by atoms with van der Waals surface area (Å²) in [5.74, 6) is -0.252. The van der Waals surface area contributed by atoms with E-state index in [4.69, 9.17) is 5.73 Å². The van der Waals surface area contributed by atoms with Gasteiger partial charge < -0.3 is 26.4 Å². The van der Waals surface area contributed by atoms with Gasteiger partial charge in [0.05, 0.1) is 16.9 Å². The molecule has 1 amide bonds. The predicted molar refractivity (Wildman–Crippen MR) is 123 cm³/mol. The third-order valence-corrected chi connectivity index (χ3v) is 8.36. The maximum absolute atomic E-state index is 12.5. The Kier molecular flexibility index (Phi) is 4.76. The first-order valence-electron chi connectivity index (χ1n) is 10.6. The number of nitrogens with zero attached hydrogens (tertiary/aromatic N) is 3. The van der Waals surface area contributed by atoms with Gasteiger partial charge in [-0.15, -0.1) is 0 Å². The van der Waals surface area contributed by atoms with Crippen LogP contribution in [0.5, 0.6) is 5.75 Å². The van der Waals surface area contributed by atoms with Crippen LogP contribution in [-0.4, -0.2) is 68.3 Å². The van der Waals surface area contributed by atoms with Crippen LogP contribution in [0.4, 0.5) is 17.2 Å². The molecule has 1 aromatic carbocycles. The second kappa shape index (κ2) is 7.32. The fraction of sp³-hybridized carbons (Fsp3) is 0.381. The van der Waals surface area contributed by atoms with Crippen molar-refractivity contribution >= 4 is 38.2 Å². The van der Waals surface area contributed by atoms with Crippen molar-refractivity contribution in [1.29, 1.82) is 0 Å². The Morgan fingerprint density at radius 1 is 1.15 bits per heavy atom. The highest BCUT2D eigenvalue weighted by Crippen LogP contribution is 2.44. The molecule has 0 aliphatic carbocycles. The van der Waals surface area contributed by atoms with E-state index in [9.17, 15) is 23.1 Å². The van der Waals surface area contributed by atoms with E-state index in [1.54, 1.807) is 12.1 Å². The molecule has 0 bridgehead atoms. The average molecular weight is 473 g/mol. The van der Waals surface area contributed by atoms with Crippen molar-refractivity contribution in [2.24, 2.45) is 0 Å². The van der Waals surface area contributed by atoms with E-state index in [0.717, 1.165) is 4.31 Å². The third kappa shape index (κ3) is 3.12. The standard InChI is InChI=1S/C21H24N6O5S/c1-26-15-3-2-12(10-13(15)19(29)33(26,31)32)14-11-24-18(22)17(28)16(14)27-8-4-21(5-9-27)20(30)23-6-7-25-21/h2-3,10-11,25,28H,4-9H2,1H3,(H2,22,24)(H,23,30). The van der Waals surface area contributed by atoms with Crippen LogP contribution in [0.25, 0.3) is 11.1 Å². The maximum Gasteiger partial charge on any atom is 0.302 e. The smallest absolute Gasteiger partial charge is 0.302 e. The lowest BCUT2D eigenvalue weighted by Crippen LogP contribution is -2.66. The molecule has 2 fully saturated rings. The van der Waals surface area contributed by atoms with Crippen LogP contribution in [0.15, 0.2) is 24.4 Å². The molecule has 33 heavy (non-hydrogen) atoms. The minimum atomic E-state index is -4.07. The molecule has 174 valence electrons. The van der Waals surface area contributed by atoms with Gasteiger partial charge in [0.15, 0.2) is 11.6 Å². The first-order valence-corrected chi connectivity index (χ1v) is 12.0. The summed E-state index contributed by atoms with van der Waals surface area (Å²) in [7, 11) is -2.74. The lowest BCUT2D eigenvalue weighted by atomic mass is 9.84. The van der Waals surface area contributed by atoms with E-state index in [1.165, 1.54) is 19.3 Å². The van der Waals surface area contributed by atoms with Gasteiger partial charge in [-0.2, -0.15) is 8.42 Å². The molecular weight excluding hydrogens is 448 g/mol. The van der Waals surface area contributed by atoms with E-state index in [1.807, 2.05) is 4.90 Å². The number of fused-ring (bicyclic) bond motifs is 1. The van der Waals surface area contributed by atoms with Gasteiger partial charge in [-0.1, -0.05) is 6.07 Å². The lowest BCUT2D eigenvalue weighted by molar-refractivity contribution is -0.130. The second-order valence-electron chi connectivity index (χ2n) is 8.50. The zero-order valence-corrected chi connectivity index (χ0v) is 18.8. The first-order chi connectivity index (χ1) is 15.7. The molecule has 0 atom stereocenters. The first kappa shape index (κ1) is 21.5. The molecule has 11 nitrogen and oxygen atoms in total. The minimum absolute atomic E-state index is 0.0189. The Morgan fingerprint density at radius 2 is 1.88 bits per heavy atom. The van der Waals surface area contributed by atoms with Gasteiger partial charge in [0.2, 0.25) is 5.91 Å². The molecule has 4 heterocycles. The number of hydrogen-bond acceptors (Lipinski definition) is 9. The highest BCUT2D eigenvalue weighted by atomic mass is 32.2. The van der Waals surface area contributed by atoms with Crippen LogP contribution in [0.2, 0.25) is 0 Å². The van der Waals surface area contributed by atoms with Gasteiger partial charge in [0, 0.05) is 45.0 Å².